The number of fused-ring (bicyclic) bond motifs is 1. The summed E-state index contributed by atoms with van der Waals surface area (Å²) in [5.74, 6) is 1.21. The number of hydrogen-bond donors (Lipinski definition) is 0. The molecule has 2 heterocycles. The summed E-state index contributed by atoms with van der Waals surface area (Å²) < 4.78 is 31.8. The van der Waals surface area contributed by atoms with E-state index in [0.717, 1.165) is 55.9 Å². The predicted molar refractivity (Wildman–Crippen MR) is 119 cm³/mol. The molecule has 2 aliphatic heterocycles. The summed E-state index contributed by atoms with van der Waals surface area (Å²) in [4.78, 5) is 16.1. The number of carbonyl (C=O) groups excluding carboxylic acids is 1. The smallest absolute Gasteiger partial charge is 0.231 e. The van der Waals surface area contributed by atoms with Gasteiger partial charge in [0.2, 0.25) is 5.91 Å². The third kappa shape index (κ3) is 4.48. The van der Waals surface area contributed by atoms with Crippen molar-refractivity contribution < 1.29 is 17.9 Å². The van der Waals surface area contributed by atoms with E-state index in [4.69, 9.17) is 4.74 Å². The van der Waals surface area contributed by atoms with Crippen LogP contribution >= 0.6 is 0 Å². The second kappa shape index (κ2) is 7.95. The molecular formula is C24H28N2O4S. The number of sulfone groups is 1. The van der Waals surface area contributed by atoms with Gasteiger partial charge in [-0.25, -0.2) is 8.42 Å². The van der Waals surface area contributed by atoms with E-state index < -0.39 is 9.84 Å². The topological polar surface area (TPSA) is 66.9 Å². The Morgan fingerprint density at radius 1 is 1.06 bits per heavy atom. The highest BCUT2D eigenvalue weighted by molar-refractivity contribution is 7.91. The average Bonchev–Trinajstić information content (AvgIpc) is 3.38. The SMILES string of the molecule is CN1C(=O)Cc2cc(S(=O)(=O)C[C@@H]3CCN(Cc4ccc(OC5CC5)cc4)C3)ccc21. The Morgan fingerprint density at radius 2 is 1.84 bits per heavy atom. The maximum absolute atomic E-state index is 13.0. The van der Waals surface area contributed by atoms with Crippen LogP contribution in [-0.2, 0) is 27.6 Å². The molecule has 1 saturated carbocycles. The van der Waals surface area contributed by atoms with Gasteiger partial charge >= 0.3 is 0 Å². The zero-order chi connectivity index (χ0) is 21.6. The van der Waals surface area contributed by atoms with Gasteiger partial charge in [-0.2, -0.15) is 0 Å². The summed E-state index contributed by atoms with van der Waals surface area (Å²) >= 11 is 0. The second-order valence-electron chi connectivity index (χ2n) is 9.05. The van der Waals surface area contributed by atoms with Gasteiger partial charge in [0.25, 0.3) is 0 Å². The molecule has 1 atom stereocenters. The Hall–Kier alpha value is -2.38. The molecule has 0 bridgehead atoms. The largest absolute Gasteiger partial charge is 0.490 e. The number of hydrogen-bond acceptors (Lipinski definition) is 5. The summed E-state index contributed by atoms with van der Waals surface area (Å²) in [6, 6.07) is 13.3. The molecule has 0 radical (unpaired) electrons. The molecule has 0 unspecified atom stereocenters. The number of carbonyl (C=O) groups is 1. The molecule has 5 rings (SSSR count). The van der Waals surface area contributed by atoms with Crippen molar-refractivity contribution in [2.24, 2.45) is 5.92 Å². The number of rotatable bonds is 7. The summed E-state index contributed by atoms with van der Waals surface area (Å²) in [6.07, 6.45) is 3.87. The number of likely N-dealkylation sites (tertiary alicyclic amines) is 1. The van der Waals surface area contributed by atoms with E-state index in [1.807, 2.05) is 12.1 Å². The third-order valence-electron chi connectivity index (χ3n) is 6.47. The fourth-order valence-corrected chi connectivity index (χ4v) is 6.23. The van der Waals surface area contributed by atoms with Crippen molar-refractivity contribution in [3.8, 4) is 5.75 Å². The van der Waals surface area contributed by atoms with Gasteiger partial charge in [0, 0.05) is 25.8 Å². The number of nitrogens with zero attached hydrogens (tertiary/aromatic N) is 2. The summed E-state index contributed by atoms with van der Waals surface area (Å²) in [5, 5.41) is 0. The maximum Gasteiger partial charge on any atom is 0.231 e. The Balaban J connectivity index is 1.18. The van der Waals surface area contributed by atoms with Crippen LogP contribution in [0.5, 0.6) is 5.75 Å². The highest BCUT2D eigenvalue weighted by Crippen LogP contribution is 2.31. The lowest BCUT2D eigenvalue weighted by molar-refractivity contribution is -0.117. The minimum atomic E-state index is -3.38. The highest BCUT2D eigenvalue weighted by atomic mass is 32.2. The molecule has 0 N–H and O–H groups in total. The van der Waals surface area contributed by atoms with E-state index in [1.165, 1.54) is 5.56 Å². The van der Waals surface area contributed by atoms with Gasteiger partial charge in [-0.15, -0.1) is 0 Å². The standard InChI is InChI=1S/C24H28N2O4S/c1-25-23-9-8-22(12-19(23)13-24(25)27)31(28,29)16-18-10-11-26(15-18)14-17-2-4-20(5-3-17)30-21-6-7-21/h2-5,8-9,12,18,21H,6-7,10-11,13-16H2,1H3/t18-/m1/s1. The lowest BCUT2D eigenvalue weighted by atomic mass is 10.1. The van der Waals surface area contributed by atoms with Crippen LogP contribution in [0.3, 0.4) is 0 Å². The van der Waals surface area contributed by atoms with Gasteiger partial charge in [0.05, 0.1) is 23.2 Å². The first kappa shape index (κ1) is 20.5. The number of amides is 1. The first-order valence-electron chi connectivity index (χ1n) is 11.0. The van der Waals surface area contributed by atoms with Gasteiger partial charge in [0.15, 0.2) is 9.84 Å². The van der Waals surface area contributed by atoms with Crippen LogP contribution in [0.2, 0.25) is 0 Å². The van der Waals surface area contributed by atoms with Crippen LogP contribution in [0, 0.1) is 5.92 Å². The van der Waals surface area contributed by atoms with Crippen LogP contribution in [0.15, 0.2) is 47.4 Å². The first-order valence-corrected chi connectivity index (χ1v) is 12.6. The monoisotopic (exact) mass is 440 g/mol. The van der Waals surface area contributed by atoms with Crippen molar-refractivity contribution in [3.63, 3.8) is 0 Å². The average molecular weight is 441 g/mol. The van der Waals surface area contributed by atoms with E-state index in [2.05, 4.69) is 17.0 Å². The number of ether oxygens (including phenoxy) is 1. The van der Waals surface area contributed by atoms with Gasteiger partial charge in [-0.05, 0) is 73.2 Å². The van der Waals surface area contributed by atoms with Crippen LogP contribution < -0.4 is 9.64 Å². The van der Waals surface area contributed by atoms with Crippen LogP contribution in [0.1, 0.15) is 30.4 Å². The van der Waals surface area contributed by atoms with Gasteiger partial charge in [-0.3, -0.25) is 9.69 Å². The normalized spacial score (nSPS) is 21.5. The van der Waals surface area contributed by atoms with Gasteiger partial charge < -0.3 is 9.64 Å². The van der Waals surface area contributed by atoms with Crippen molar-refractivity contribution in [2.75, 3.05) is 30.8 Å². The molecule has 2 fully saturated rings. The molecule has 7 heteroatoms. The van der Waals surface area contributed by atoms with Crippen molar-refractivity contribution in [3.05, 3.63) is 53.6 Å². The lowest BCUT2D eigenvalue weighted by Gasteiger charge is -2.17. The number of benzene rings is 2. The van der Waals surface area contributed by atoms with E-state index in [1.54, 1.807) is 30.1 Å². The minimum absolute atomic E-state index is 0.00289. The van der Waals surface area contributed by atoms with Crippen molar-refractivity contribution in [1.29, 1.82) is 0 Å². The van der Waals surface area contributed by atoms with Crippen LogP contribution in [0.4, 0.5) is 5.69 Å². The number of anilines is 1. The Labute approximate surface area is 183 Å². The quantitative estimate of drug-likeness (QED) is 0.662. The van der Waals surface area contributed by atoms with E-state index in [9.17, 15) is 13.2 Å². The minimum Gasteiger partial charge on any atom is -0.490 e. The molecule has 1 saturated heterocycles. The summed E-state index contributed by atoms with van der Waals surface area (Å²) in [5.41, 5.74) is 2.83. The van der Waals surface area contributed by atoms with Gasteiger partial charge in [-0.1, -0.05) is 12.1 Å². The third-order valence-corrected chi connectivity index (χ3v) is 8.35. The molecule has 1 amide bonds. The molecule has 164 valence electrons. The zero-order valence-corrected chi connectivity index (χ0v) is 18.6. The first-order chi connectivity index (χ1) is 14.9. The molecular weight excluding hydrogens is 412 g/mol. The Morgan fingerprint density at radius 3 is 2.58 bits per heavy atom. The number of likely N-dealkylation sites (N-methyl/N-ethyl adjacent to an activating group) is 1. The molecule has 1 aliphatic carbocycles. The molecule has 0 aromatic heterocycles. The molecule has 3 aliphatic rings. The molecule has 31 heavy (non-hydrogen) atoms. The molecule has 0 spiro atoms. The zero-order valence-electron chi connectivity index (χ0n) is 17.8. The highest BCUT2D eigenvalue weighted by Gasteiger charge is 2.30. The van der Waals surface area contributed by atoms with E-state index >= 15 is 0 Å². The summed E-state index contributed by atoms with van der Waals surface area (Å²) in [6.45, 7) is 2.52. The molecule has 2 aromatic rings. The lowest BCUT2D eigenvalue weighted by Crippen LogP contribution is -2.23. The van der Waals surface area contributed by atoms with Crippen molar-refractivity contribution in [2.45, 2.75) is 43.2 Å². The van der Waals surface area contributed by atoms with Gasteiger partial charge in [0.1, 0.15) is 5.75 Å². The summed E-state index contributed by atoms with van der Waals surface area (Å²) in [7, 11) is -1.66. The predicted octanol–water partition coefficient (Wildman–Crippen LogP) is 3.04. The van der Waals surface area contributed by atoms with E-state index in [-0.39, 0.29) is 24.0 Å². The Bertz CT molecular complexity index is 1090. The Kier molecular flexibility index (Phi) is 5.26. The van der Waals surface area contributed by atoms with Crippen molar-refractivity contribution in [1.82, 2.24) is 4.90 Å². The second-order valence-corrected chi connectivity index (χ2v) is 11.1. The molecule has 2 aromatic carbocycles. The fraction of sp³-hybridized carbons (Fsp3) is 0.458. The van der Waals surface area contributed by atoms with E-state index in [0.29, 0.717) is 11.0 Å². The fourth-order valence-electron chi connectivity index (χ4n) is 4.55. The molecule has 6 nitrogen and oxygen atoms in total. The van der Waals surface area contributed by atoms with Crippen LogP contribution in [-0.4, -0.2) is 51.2 Å². The maximum atomic E-state index is 13.0. The van der Waals surface area contributed by atoms with Crippen LogP contribution in [0.25, 0.3) is 0 Å². The van der Waals surface area contributed by atoms with Crippen molar-refractivity contribution >= 4 is 21.4 Å².